The predicted molar refractivity (Wildman–Crippen MR) is 74.0 cm³/mol. The quantitative estimate of drug-likeness (QED) is 0.883. The second kappa shape index (κ2) is 4.27. The van der Waals surface area contributed by atoms with Crippen LogP contribution >= 0.6 is 0 Å². The highest BCUT2D eigenvalue weighted by Gasteiger charge is 2.61. The highest BCUT2D eigenvalue weighted by atomic mass is 16.5. The lowest BCUT2D eigenvalue weighted by Gasteiger charge is -2.63. The fourth-order valence-electron chi connectivity index (χ4n) is 4.54. The highest BCUT2D eigenvalue weighted by Crippen LogP contribution is 2.63. The first kappa shape index (κ1) is 12.0. The van der Waals surface area contributed by atoms with Crippen LogP contribution in [0.25, 0.3) is 0 Å². The van der Waals surface area contributed by atoms with Crippen LogP contribution in [0.4, 0.5) is 0 Å². The molecule has 0 spiro atoms. The summed E-state index contributed by atoms with van der Waals surface area (Å²) >= 11 is 0. The van der Waals surface area contributed by atoms with E-state index in [1.165, 1.54) is 18.4 Å². The van der Waals surface area contributed by atoms with Crippen molar-refractivity contribution >= 4 is 0 Å². The molecule has 2 heteroatoms. The monoisotopic (exact) mass is 245 g/mol. The van der Waals surface area contributed by atoms with Crippen molar-refractivity contribution in [2.75, 3.05) is 13.7 Å². The van der Waals surface area contributed by atoms with Crippen LogP contribution in [-0.2, 0) is 0 Å². The molecule has 1 N–H and O–H groups in total. The van der Waals surface area contributed by atoms with Gasteiger partial charge in [0.1, 0.15) is 5.75 Å². The molecule has 0 bridgehead atoms. The van der Waals surface area contributed by atoms with E-state index in [2.05, 4.69) is 50.5 Å². The number of benzene rings is 1. The number of fused-ring (bicyclic) bond motifs is 3. The van der Waals surface area contributed by atoms with Gasteiger partial charge in [-0.15, -0.1) is 0 Å². The third-order valence-corrected chi connectivity index (χ3v) is 5.41. The van der Waals surface area contributed by atoms with Gasteiger partial charge in [-0.25, -0.2) is 0 Å². The Labute approximate surface area is 110 Å². The fourth-order valence-corrected chi connectivity index (χ4v) is 4.54. The fraction of sp³-hybridized carbons (Fsp3) is 0.625. The molecule has 1 heterocycles. The molecule has 0 aromatic heterocycles. The molecule has 18 heavy (non-hydrogen) atoms. The van der Waals surface area contributed by atoms with Crippen LogP contribution in [0.15, 0.2) is 24.3 Å². The van der Waals surface area contributed by atoms with E-state index in [-0.39, 0.29) is 0 Å². The molecule has 0 radical (unpaired) electrons. The number of ether oxygens (including phenoxy) is 1. The first-order chi connectivity index (χ1) is 8.78. The van der Waals surface area contributed by atoms with Crippen molar-refractivity contribution in [2.24, 2.45) is 11.3 Å². The zero-order valence-corrected chi connectivity index (χ0v) is 11.6. The summed E-state index contributed by atoms with van der Waals surface area (Å²) in [5, 5.41) is 3.54. The average molecular weight is 245 g/mol. The summed E-state index contributed by atoms with van der Waals surface area (Å²) in [6.45, 7) is 5.54. The van der Waals surface area contributed by atoms with E-state index in [1.807, 2.05) is 0 Å². The topological polar surface area (TPSA) is 21.3 Å². The highest BCUT2D eigenvalue weighted by molar-refractivity contribution is 5.43. The van der Waals surface area contributed by atoms with Gasteiger partial charge in [0.25, 0.3) is 0 Å². The van der Waals surface area contributed by atoms with Gasteiger partial charge < -0.3 is 10.1 Å². The molecule has 2 nitrogen and oxygen atoms in total. The minimum Gasteiger partial charge on any atom is -0.493 e. The van der Waals surface area contributed by atoms with E-state index in [1.54, 1.807) is 0 Å². The number of hydrogen-bond donors (Lipinski definition) is 1. The molecule has 1 aliphatic carbocycles. The van der Waals surface area contributed by atoms with Crippen LogP contribution in [0.5, 0.6) is 5.75 Å². The van der Waals surface area contributed by atoms with Crippen molar-refractivity contribution in [3.05, 3.63) is 29.8 Å². The Hall–Kier alpha value is -1.02. The van der Waals surface area contributed by atoms with Crippen LogP contribution in [0, 0.1) is 11.3 Å². The minimum absolute atomic E-state index is 0.416. The van der Waals surface area contributed by atoms with E-state index in [0.29, 0.717) is 23.3 Å². The van der Waals surface area contributed by atoms with Gasteiger partial charge in [-0.3, -0.25) is 0 Å². The van der Waals surface area contributed by atoms with Gasteiger partial charge in [0.05, 0.1) is 6.61 Å². The van der Waals surface area contributed by atoms with Crippen molar-refractivity contribution in [2.45, 2.75) is 38.6 Å². The summed E-state index contributed by atoms with van der Waals surface area (Å²) in [6.07, 6.45) is 2.48. The molecular weight excluding hydrogens is 222 g/mol. The van der Waals surface area contributed by atoms with Crippen molar-refractivity contribution in [3.63, 3.8) is 0 Å². The summed E-state index contributed by atoms with van der Waals surface area (Å²) in [4.78, 5) is 0. The molecule has 1 aliphatic heterocycles. The molecule has 0 amide bonds. The number of rotatable bonds is 3. The third-order valence-electron chi connectivity index (χ3n) is 5.41. The van der Waals surface area contributed by atoms with Crippen LogP contribution in [0.1, 0.15) is 38.2 Å². The molecule has 3 atom stereocenters. The maximum absolute atomic E-state index is 5.93. The summed E-state index contributed by atoms with van der Waals surface area (Å²) in [5.41, 5.74) is 1.85. The molecule has 1 saturated carbocycles. The van der Waals surface area contributed by atoms with E-state index >= 15 is 0 Å². The predicted octanol–water partition coefficient (Wildman–Crippen LogP) is 3.19. The lowest BCUT2D eigenvalue weighted by atomic mass is 9.45. The van der Waals surface area contributed by atoms with Crippen molar-refractivity contribution in [1.29, 1.82) is 0 Å². The second-order valence-electron chi connectivity index (χ2n) is 5.70. The molecular formula is C16H23NO. The summed E-state index contributed by atoms with van der Waals surface area (Å²) in [5.74, 6) is 2.43. The van der Waals surface area contributed by atoms with Crippen LogP contribution in [0.2, 0.25) is 0 Å². The van der Waals surface area contributed by atoms with Gasteiger partial charge in [-0.2, -0.15) is 0 Å². The standard InChI is InChI=1S/C16H23NO/c1-4-16(5-2)14-11-8-6-7-9-13(11)18-10-12(14)15(16)17-3/h6-9,12,14-15,17H,4-5,10H2,1-3H3. The molecule has 1 aromatic carbocycles. The number of para-hydroxylation sites is 1. The van der Waals surface area contributed by atoms with Crippen LogP contribution in [0.3, 0.4) is 0 Å². The molecule has 3 unspecified atom stereocenters. The van der Waals surface area contributed by atoms with E-state index in [0.717, 1.165) is 12.4 Å². The van der Waals surface area contributed by atoms with Crippen LogP contribution < -0.4 is 10.1 Å². The zero-order valence-electron chi connectivity index (χ0n) is 11.6. The largest absolute Gasteiger partial charge is 0.493 e. The maximum Gasteiger partial charge on any atom is 0.122 e. The first-order valence-corrected chi connectivity index (χ1v) is 7.17. The zero-order chi connectivity index (χ0) is 12.8. The Morgan fingerprint density at radius 3 is 2.67 bits per heavy atom. The maximum atomic E-state index is 5.93. The van der Waals surface area contributed by atoms with E-state index < -0.39 is 0 Å². The Bertz CT molecular complexity index is 438. The molecule has 1 fully saturated rings. The Balaban J connectivity index is 2.04. The normalized spacial score (nSPS) is 31.8. The lowest BCUT2D eigenvalue weighted by molar-refractivity contribution is -0.0769. The van der Waals surface area contributed by atoms with Gasteiger partial charge >= 0.3 is 0 Å². The minimum atomic E-state index is 0.416. The Kier molecular flexibility index (Phi) is 2.86. The summed E-state index contributed by atoms with van der Waals surface area (Å²) < 4.78 is 5.93. The van der Waals surface area contributed by atoms with Gasteiger partial charge in [0.2, 0.25) is 0 Å². The van der Waals surface area contributed by atoms with Gasteiger partial charge in [0.15, 0.2) is 0 Å². The molecule has 3 rings (SSSR count). The second-order valence-corrected chi connectivity index (χ2v) is 5.70. The van der Waals surface area contributed by atoms with Crippen molar-refractivity contribution in [3.8, 4) is 5.75 Å². The SMILES string of the molecule is CCC1(CC)C(NC)C2COc3ccccc3C21. The molecule has 2 aliphatic rings. The molecule has 0 saturated heterocycles. The Morgan fingerprint density at radius 1 is 1.28 bits per heavy atom. The Morgan fingerprint density at radius 2 is 2.00 bits per heavy atom. The van der Waals surface area contributed by atoms with Gasteiger partial charge in [-0.05, 0) is 36.9 Å². The van der Waals surface area contributed by atoms with Gasteiger partial charge in [0, 0.05) is 17.9 Å². The van der Waals surface area contributed by atoms with Crippen molar-refractivity contribution < 1.29 is 4.74 Å². The van der Waals surface area contributed by atoms with Crippen LogP contribution in [-0.4, -0.2) is 19.7 Å². The molecule has 1 aromatic rings. The lowest BCUT2D eigenvalue weighted by Crippen LogP contribution is -2.66. The first-order valence-electron chi connectivity index (χ1n) is 7.17. The van der Waals surface area contributed by atoms with E-state index in [9.17, 15) is 0 Å². The van der Waals surface area contributed by atoms with Crippen molar-refractivity contribution in [1.82, 2.24) is 5.32 Å². The summed E-state index contributed by atoms with van der Waals surface area (Å²) in [6, 6.07) is 9.21. The third kappa shape index (κ3) is 1.33. The van der Waals surface area contributed by atoms with Gasteiger partial charge in [-0.1, -0.05) is 32.0 Å². The number of hydrogen-bond acceptors (Lipinski definition) is 2. The smallest absolute Gasteiger partial charge is 0.122 e. The molecule has 98 valence electrons. The average Bonchev–Trinajstić information content (AvgIpc) is 2.41. The summed E-state index contributed by atoms with van der Waals surface area (Å²) in [7, 11) is 2.10. The van der Waals surface area contributed by atoms with E-state index in [4.69, 9.17) is 4.74 Å². The number of nitrogens with one attached hydrogen (secondary N) is 1.